The maximum absolute atomic E-state index is 13.1. The lowest BCUT2D eigenvalue weighted by Crippen LogP contribution is -2.45. The summed E-state index contributed by atoms with van der Waals surface area (Å²) in [6.07, 6.45) is 3.72. The summed E-state index contributed by atoms with van der Waals surface area (Å²) in [4.78, 5) is 26.1. The first-order valence-corrected chi connectivity index (χ1v) is 11.2. The molecule has 0 heterocycles. The molecule has 3 aliphatic rings. The average Bonchev–Trinajstić information content (AvgIpc) is 3.47. The second-order valence-electron chi connectivity index (χ2n) is 9.08. The molecule has 2 aromatic carbocycles. The van der Waals surface area contributed by atoms with Gasteiger partial charge in [-0.1, -0.05) is 36.8 Å². The minimum atomic E-state index is -0.415. The quantitative estimate of drug-likeness (QED) is 0.649. The summed E-state index contributed by atoms with van der Waals surface area (Å²) in [5.41, 5.74) is 1.86. The fraction of sp³-hybridized carbons (Fsp3) is 0.462. The van der Waals surface area contributed by atoms with E-state index < -0.39 is 18.2 Å². The number of hydrogen-bond acceptors (Lipinski definition) is 5. The van der Waals surface area contributed by atoms with Gasteiger partial charge in [-0.3, -0.25) is 0 Å². The largest absolute Gasteiger partial charge is 0.496 e. The predicted molar refractivity (Wildman–Crippen MR) is 115 cm³/mol. The molecule has 0 aliphatic heterocycles. The van der Waals surface area contributed by atoms with Crippen LogP contribution >= 0.6 is 0 Å². The maximum Gasteiger partial charge on any atom is 0.342 e. The van der Waals surface area contributed by atoms with Crippen LogP contribution in [0.15, 0.2) is 48.5 Å². The number of esters is 2. The lowest BCUT2D eigenvalue weighted by Gasteiger charge is -2.37. The van der Waals surface area contributed by atoms with Gasteiger partial charge in [-0.25, -0.2) is 9.59 Å². The van der Waals surface area contributed by atoms with E-state index in [-0.39, 0.29) is 17.8 Å². The molecule has 3 fully saturated rings. The number of hydrogen-bond donors (Lipinski definition) is 0. The van der Waals surface area contributed by atoms with Crippen LogP contribution in [-0.2, 0) is 9.47 Å². The van der Waals surface area contributed by atoms with Gasteiger partial charge in [0.25, 0.3) is 0 Å². The Bertz CT molecular complexity index is 999. The summed E-state index contributed by atoms with van der Waals surface area (Å²) in [5, 5.41) is 0. The summed E-state index contributed by atoms with van der Waals surface area (Å²) in [5.74, 6) is 1.40. The van der Waals surface area contributed by atoms with Crippen molar-refractivity contribution in [3.63, 3.8) is 0 Å². The highest BCUT2D eigenvalue weighted by Crippen LogP contribution is 2.60. The SMILES string of the molecule is COc1ccccc1C(=O)OC1C2CC(C3CCCC32)C1OC(=O)c1ccccc1C. The van der Waals surface area contributed by atoms with Crippen LogP contribution in [0.3, 0.4) is 0 Å². The first-order valence-electron chi connectivity index (χ1n) is 11.2. The van der Waals surface area contributed by atoms with E-state index in [9.17, 15) is 9.59 Å². The predicted octanol–water partition coefficient (Wildman–Crippen LogP) is 4.82. The number of ether oxygens (including phenoxy) is 3. The van der Waals surface area contributed by atoms with Gasteiger partial charge in [-0.15, -0.1) is 0 Å². The highest BCUT2D eigenvalue weighted by molar-refractivity contribution is 5.93. The van der Waals surface area contributed by atoms with Crippen molar-refractivity contribution in [1.29, 1.82) is 0 Å². The topological polar surface area (TPSA) is 61.8 Å². The standard InChI is InChI=1S/C26H28O5/c1-15-8-3-4-9-16(15)25(27)30-23-20-14-21(18-12-7-11-17(18)20)24(23)31-26(28)19-10-5-6-13-22(19)29-2/h3-6,8-10,13,17-18,20-21,23-24H,7,11-12,14H2,1-2H3. The molecule has 2 aromatic rings. The lowest BCUT2D eigenvalue weighted by molar-refractivity contribution is -0.0768. The Morgan fingerprint density at radius 3 is 1.94 bits per heavy atom. The van der Waals surface area contributed by atoms with E-state index in [1.807, 2.05) is 31.2 Å². The molecule has 5 nitrogen and oxygen atoms in total. The van der Waals surface area contributed by atoms with E-state index in [0.29, 0.717) is 28.7 Å². The van der Waals surface area contributed by atoms with Gasteiger partial charge in [-0.2, -0.15) is 0 Å². The van der Waals surface area contributed by atoms with E-state index in [1.54, 1.807) is 31.4 Å². The van der Waals surface area contributed by atoms with Gasteiger partial charge in [-0.05, 0) is 61.8 Å². The van der Waals surface area contributed by atoms with Gasteiger partial charge in [0.1, 0.15) is 23.5 Å². The molecule has 0 spiro atoms. The molecular weight excluding hydrogens is 392 g/mol. The third-order valence-electron chi connectivity index (χ3n) is 7.61. The molecule has 31 heavy (non-hydrogen) atoms. The Labute approximate surface area is 182 Å². The minimum Gasteiger partial charge on any atom is -0.496 e. The second-order valence-corrected chi connectivity index (χ2v) is 9.08. The van der Waals surface area contributed by atoms with Gasteiger partial charge >= 0.3 is 11.9 Å². The Morgan fingerprint density at radius 1 is 0.774 bits per heavy atom. The molecule has 6 unspecified atom stereocenters. The van der Waals surface area contributed by atoms with Gasteiger partial charge in [0, 0.05) is 11.8 Å². The molecular formula is C26H28O5. The third-order valence-corrected chi connectivity index (χ3v) is 7.61. The Morgan fingerprint density at radius 2 is 1.32 bits per heavy atom. The van der Waals surface area contributed by atoms with Crippen molar-refractivity contribution in [2.24, 2.45) is 23.7 Å². The molecule has 3 saturated carbocycles. The van der Waals surface area contributed by atoms with E-state index in [4.69, 9.17) is 14.2 Å². The van der Waals surface area contributed by atoms with Crippen molar-refractivity contribution in [3.8, 4) is 5.75 Å². The highest BCUT2D eigenvalue weighted by atomic mass is 16.6. The van der Waals surface area contributed by atoms with Crippen molar-refractivity contribution in [1.82, 2.24) is 0 Å². The number of carbonyl (C=O) groups is 2. The third kappa shape index (κ3) is 3.40. The Hall–Kier alpha value is -2.82. The first-order chi connectivity index (χ1) is 15.1. The fourth-order valence-electron chi connectivity index (χ4n) is 6.29. The maximum atomic E-state index is 13.1. The average molecular weight is 421 g/mol. The second kappa shape index (κ2) is 8.03. The normalized spacial score (nSPS) is 30.6. The van der Waals surface area contributed by atoms with Crippen LogP contribution < -0.4 is 4.74 Å². The number of aryl methyl sites for hydroxylation is 1. The number of para-hydroxylation sites is 1. The molecule has 0 amide bonds. The molecule has 0 saturated heterocycles. The fourth-order valence-corrected chi connectivity index (χ4v) is 6.29. The summed E-state index contributed by atoms with van der Waals surface area (Å²) < 4.78 is 17.5. The van der Waals surface area contributed by atoms with Crippen molar-refractivity contribution in [2.45, 2.75) is 44.8 Å². The van der Waals surface area contributed by atoms with Gasteiger partial charge in [0.15, 0.2) is 0 Å². The monoisotopic (exact) mass is 420 g/mol. The van der Waals surface area contributed by atoms with Crippen LogP contribution in [-0.4, -0.2) is 31.3 Å². The van der Waals surface area contributed by atoms with Crippen molar-refractivity contribution >= 4 is 11.9 Å². The van der Waals surface area contributed by atoms with E-state index in [2.05, 4.69) is 0 Å². The first kappa shape index (κ1) is 20.1. The number of carbonyl (C=O) groups excluding carboxylic acids is 2. The zero-order chi connectivity index (χ0) is 21.5. The summed E-state index contributed by atoms with van der Waals surface area (Å²) in [6, 6.07) is 14.5. The molecule has 5 rings (SSSR count). The molecule has 3 aliphatic carbocycles. The zero-order valence-corrected chi connectivity index (χ0v) is 18.0. The molecule has 5 heteroatoms. The summed E-state index contributed by atoms with van der Waals surface area (Å²) >= 11 is 0. The van der Waals surface area contributed by atoms with Crippen molar-refractivity contribution in [2.75, 3.05) is 7.11 Å². The highest BCUT2D eigenvalue weighted by Gasteiger charge is 2.62. The van der Waals surface area contributed by atoms with E-state index >= 15 is 0 Å². The molecule has 0 N–H and O–H groups in total. The van der Waals surface area contributed by atoms with Crippen LogP contribution in [0.1, 0.15) is 52.0 Å². The summed E-state index contributed by atoms with van der Waals surface area (Å²) in [6.45, 7) is 1.91. The van der Waals surface area contributed by atoms with Crippen LogP contribution in [0.4, 0.5) is 0 Å². The number of benzene rings is 2. The summed E-state index contributed by atoms with van der Waals surface area (Å²) in [7, 11) is 1.54. The van der Waals surface area contributed by atoms with Crippen LogP contribution in [0.25, 0.3) is 0 Å². The van der Waals surface area contributed by atoms with Gasteiger partial charge in [0.2, 0.25) is 0 Å². The zero-order valence-electron chi connectivity index (χ0n) is 18.0. The van der Waals surface area contributed by atoms with E-state index in [0.717, 1.165) is 12.0 Å². The Kier molecular flexibility index (Phi) is 5.20. The van der Waals surface area contributed by atoms with Gasteiger partial charge in [0.05, 0.1) is 12.7 Å². The number of rotatable bonds is 5. The number of fused-ring (bicyclic) bond motifs is 5. The van der Waals surface area contributed by atoms with E-state index in [1.165, 1.54) is 19.3 Å². The van der Waals surface area contributed by atoms with Gasteiger partial charge < -0.3 is 14.2 Å². The smallest absolute Gasteiger partial charge is 0.342 e. The number of methoxy groups -OCH3 is 1. The van der Waals surface area contributed by atoms with Crippen LogP contribution in [0.5, 0.6) is 5.75 Å². The minimum absolute atomic E-state index is 0.255. The van der Waals surface area contributed by atoms with Crippen molar-refractivity contribution < 1.29 is 23.8 Å². The molecule has 162 valence electrons. The van der Waals surface area contributed by atoms with Crippen molar-refractivity contribution in [3.05, 3.63) is 65.2 Å². The van der Waals surface area contributed by atoms with Crippen LogP contribution in [0.2, 0.25) is 0 Å². The molecule has 0 radical (unpaired) electrons. The van der Waals surface area contributed by atoms with Crippen LogP contribution in [0, 0.1) is 30.6 Å². The Balaban J connectivity index is 1.41. The molecule has 6 atom stereocenters. The molecule has 2 bridgehead atoms. The lowest BCUT2D eigenvalue weighted by atomic mass is 9.78. The molecule has 0 aromatic heterocycles.